The lowest BCUT2D eigenvalue weighted by Gasteiger charge is -2.12. The fourth-order valence-corrected chi connectivity index (χ4v) is 4.02. The Bertz CT molecular complexity index is 1180. The van der Waals surface area contributed by atoms with Gasteiger partial charge in [0.25, 0.3) is 0 Å². The van der Waals surface area contributed by atoms with E-state index in [0.717, 1.165) is 23.4 Å². The highest BCUT2D eigenvalue weighted by atomic mass is 32.2. The molecule has 8 heteroatoms. The van der Waals surface area contributed by atoms with Gasteiger partial charge in [-0.05, 0) is 42.5 Å². The Balaban J connectivity index is 1.77. The second-order valence-corrected chi connectivity index (χ2v) is 7.55. The van der Waals surface area contributed by atoms with E-state index >= 15 is 0 Å². The Hall–Kier alpha value is -3.39. The summed E-state index contributed by atoms with van der Waals surface area (Å²) < 4.78 is 40.3. The average Bonchev–Trinajstić information content (AvgIpc) is 3.23. The van der Waals surface area contributed by atoms with E-state index in [-0.39, 0.29) is 11.3 Å². The van der Waals surface area contributed by atoms with Gasteiger partial charge in [-0.3, -0.25) is 4.57 Å². The highest BCUT2D eigenvalue weighted by Crippen LogP contribution is 2.34. The molecule has 0 atom stereocenters. The Morgan fingerprint density at radius 2 is 1.58 bits per heavy atom. The van der Waals surface area contributed by atoms with Gasteiger partial charge in [-0.25, -0.2) is 8.78 Å². The molecule has 0 spiro atoms. The van der Waals surface area contributed by atoms with Gasteiger partial charge in [0.2, 0.25) is 0 Å². The van der Waals surface area contributed by atoms with Crippen molar-refractivity contribution in [1.29, 1.82) is 0 Å². The second-order valence-electron chi connectivity index (χ2n) is 6.60. The summed E-state index contributed by atoms with van der Waals surface area (Å²) in [6.07, 6.45) is 0. The minimum Gasteiger partial charge on any atom is -0.497 e. The molecule has 0 radical (unpaired) electrons. The van der Waals surface area contributed by atoms with Gasteiger partial charge < -0.3 is 9.47 Å². The number of aromatic nitrogens is 3. The van der Waals surface area contributed by atoms with Gasteiger partial charge in [-0.1, -0.05) is 30.0 Å². The van der Waals surface area contributed by atoms with Gasteiger partial charge in [0, 0.05) is 28.6 Å². The molecule has 1 heterocycles. The number of hydrogen-bond acceptors (Lipinski definition) is 5. The van der Waals surface area contributed by atoms with Gasteiger partial charge in [-0.2, -0.15) is 0 Å². The van der Waals surface area contributed by atoms with Gasteiger partial charge >= 0.3 is 0 Å². The molecule has 0 N–H and O–H groups in total. The maximum atomic E-state index is 14.1. The van der Waals surface area contributed by atoms with Crippen LogP contribution in [0.2, 0.25) is 0 Å². The number of nitrogens with zero attached hydrogens (tertiary/aromatic N) is 3. The third kappa shape index (κ3) is 4.54. The van der Waals surface area contributed by atoms with Crippen molar-refractivity contribution >= 4 is 11.8 Å². The minimum atomic E-state index is -0.481. The fraction of sp³-hybridized carbons (Fsp3) is 0.130. The molecule has 0 aliphatic carbocycles. The monoisotopic (exact) mass is 439 g/mol. The van der Waals surface area contributed by atoms with Crippen LogP contribution in [0.4, 0.5) is 8.78 Å². The van der Waals surface area contributed by atoms with Crippen molar-refractivity contribution in [3.63, 3.8) is 0 Å². The Labute approximate surface area is 182 Å². The van der Waals surface area contributed by atoms with Crippen LogP contribution in [-0.4, -0.2) is 29.0 Å². The molecule has 0 saturated carbocycles. The predicted octanol–water partition coefficient (Wildman–Crippen LogP) is 5.52. The van der Waals surface area contributed by atoms with Crippen LogP contribution in [0.5, 0.6) is 11.5 Å². The van der Waals surface area contributed by atoms with E-state index in [1.54, 1.807) is 20.3 Å². The SMILES string of the molecule is COc1cc(OC)cc(-c2nnc(SCc3cc(F)ccc3F)n2-c2ccccc2)c1. The molecule has 0 aliphatic heterocycles. The molecule has 0 saturated heterocycles. The van der Waals surface area contributed by atoms with Crippen molar-refractivity contribution in [2.24, 2.45) is 0 Å². The lowest BCUT2D eigenvalue weighted by molar-refractivity contribution is 0.394. The number of thioether (sulfide) groups is 1. The third-order valence-corrected chi connectivity index (χ3v) is 5.60. The Morgan fingerprint density at radius 1 is 0.871 bits per heavy atom. The van der Waals surface area contributed by atoms with Crippen LogP contribution < -0.4 is 9.47 Å². The minimum absolute atomic E-state index is 0.204. The summed E-state index contributed by atoms with van der Waals surface area (Å²) in [5, 5.41) is 9.25. The first kappa shape index (κ1) is 20.9. The second kappa shape index (κ2) is 9.18. The van der Waals surface area contributed by atoms with Crippen LogP contribution in [-0.2, 0) is 5.75 Å². The van der Waals surface area contributed by atoms with E-state index in [1.165, 1.54) is 17.8 Å². The molecule has 3 aromatic carbocycles. The van der Waals surface area contributed by atoms with Gasteiger partial charge in [0.1, 0.15) is 23.1 Å². The summed E-state index contributed by atoms with van der Waals surface area (Å²) in [7, 11) is 3.16. The van der Waals surface area contributed by atoms with E-state index in [1.807, 2.05) is 47.0 Å². The fourth-order valence-electron chi connectivity index (χ4n) is 3.09. The molecule has 4 rings (SSSR count). The molecule has 31 heavy (non-hydrogen) atoms. The lowest BCUT2D eigenvalue weighted by atomic mass is 10.2. The summed E-state index contributed by atoms with van der Waals surface area (Å²) in [6.45, 7) is 0. The van der Waals surface area contributed by atoms with Crippen molar-refractivity contribution in [3.05, 3.63) is 83.9 Å². The molecule has 0 aliphatic rings. The maximum Gasteiger partial charge on any atom is 0.196 e. The van der Waals surface area contributed by atoms with Gasteiger partial charge in [-0.15, -0.1) is 10.2 Å². The summed E-state index contributed by atoms with van der Waals surface area (Å²) in [6, 6.07) is 18.5. The van der Waals surface area contributed by atoms with Gasteiger partial charge in [0.05, 0.1) is 14.2 Å². The first-order valence-electron chi connectivity index (χ1n) is 9.40. The van der Waals surface area contributed by atoms with Crippen LogP contribution in [0.15, 0.2) is 71.9 Å². The first-order chi connectivity index (χ1) is 15.1. The highest BCUT2D eigenvalue weighted by Gasteiger charge is 2.18. The number of methoxy groups -OCH3 is 2. The van der Waals surface area contributed by atoms with E-state index < -0.39 is 11.6 Å². The summed E-state index contributed by atoms with van der Waals surface area (Å²) in [5.41, 5.74) is 1.85. The van der Waals surface area contributed by atoms with Gasteiger partial charge in [0.15, 0.2) is 11.0 Å². The first-order valence-corrected chi connectivity index (χ1v) is 10.4. The van der Waals surface area contributed by atoms with Crippen LogP contribution in [0.25, 0.3) is 17.1 Å². The molecule has 1 aromatic heterocycles. The molecular formula is C23H19F2N3O2S. The Morgan fingerprint density at radius 3 is 2.26 bits per heavy atom. The number of hydrogen-bond donors (Lipinski definition) is 0. The molecule has 0 bridgehead atoms. The Kier molecular flexibility index (Phi) is 6.18. The highest BCUT2D eigenvalue weighted by molar-refractivity contribution is 7.98. The van der Waals surface area contributed by atoms with Crippen molar-refractivity contribution in [2.45, 2.75) is 10.9 Å². The zero-order valence-electron chi connectivity index (χ0n) is 16.9. The number of ether oxygens (including phenoxy) is 2. The number of halogens is 2. The van der Waals surface area contributed by atoms with E-state index in [0.29, 0.717) is 22.5 Å². The van der Waals surface area contributed by atoms with Crippen molar-refractivity contribution in [3.8, 4) is 28.6 Å². The number of para-hydroxylation sites is 1. The molecule has 4 aromatic rings. The molecule has 0 amide bonds. The van der Waals surface area contributed by atoms with Crippen LogP contribution in [0.3, 0.4) is 0 Å². The zero-order valence-corrected chi connectivity index (χ0v) is 17.7. The van der Waals surface area contributed by atoms with Crippen molar-refractivity contribution in [1.82, 2.24) is 14.8 Å². The lowest BCUT2D eigenvalue weighted by Crippen LogP contribution is -2.00. The molecule has 5 nitrogen and oxygen atoms in total. The van der Waals surface area contributed by atoms with E-state index in [4.69, 9.17) is 9.47 Å². The quantitative estimate of drug-likeness (QED) is 0.355. The summed E-state index contributed by atoms with van der Waals surface area (Å²) in [5.74, 6) is 1.07. The van der Waals surface area contributed by atoms with E-state index in [9.17, 15) is 8.78 Å². The maximum absolute atomic E-state index is 14.1. The molecular weight excluding hydrogens is 420 g/mol. The number of rotatable bonds is 7. The van der Waals surface area contributed by atoms with Crippen LogP contribution in [0, 0.1) is 11.6 Å². The van der Waals surface area contributed by atoms with Crippen molar-refractivity contribution < 1.29 is 18.3 Å². The smallest absolute Gasteiger partial charge is 0.196 e. The topological polar surface area (TPSA) is 49.2 Å². The largest absolute Gasteiger partial charge is 0.497 e. The molecule has 158 valence electrons. The summed E-state index contributed by atoms with van der Waals surface area (Å²) in [4.78, 5) is 0. The van der Waals surface area contributed by atoms with E-state index in [2.05, 4.69) is 10.2 Å². The number of benzene rings is 3. The van der Waals surface area contributed by atoms with Crippen LogP contribution in [0.1, 0.15) is 5.56 Å². The summed E-state index contributed by atoms with van der Waals surface area (Å²) >= 11 is 1.27. The standard InChI is InChI=1S/C23H19F2N3O2S/c1-29-19-11-15(12-20(13-19)30-2)22-26-27-23(28(22)18-6-4-3-5-7-18)31-14-16-10-17(24)8-9-21(16)25/h3-13H,14H2,1-2H3. The third-order valence-electron chi connectivity index (χ3n) is 4.62. The predicted molar refractivity (Wildman–Crippen MR) is 116 cm³/mol. The molecule has 0 unspecified atom stereocenters. The average molecular weight is 439 g/mol. The van der Waals surface area contributed by atoms with Crippen LogP contribution >= 0.6 is 11.8 Å². The van der Waals surface area contributed by atoms with Crippen molar-refractivity contribution in [2.75, 3.05) is 14.2 Å². The molecule has 0 fully saturated rings. The normalized spacial score (nSPS) is 10.8. The zero-order chi connectivity index (χ0) is 21.8.